The predicted molar refractivity (Wildman–Crippen MR) is 102 cm³/mol. The van der Waals surface area contributed by atoms with E-state index < -0.39 is 17.5 Å². The molecule has 0 fully saturated rings. The van der Waals surface area contributed by atoms with Gasteiger partial charge in [-0.2, -0.15) is 0 Å². The quantitative estimate of drug-likeness (QED) is 0.576. The van der Waals surface area contributed by atoms with Gasteiger partial charge in [0.2, 0.25) is 0 Å². The van der Waals surface area contributed by atoms with Crippen LogP contribution in [0.2, 0.25) is 0 Å². The molecule has 1 aromatic heterocycles. The van der Waals surface area contributed by atoms with Crippen molar-refractivity contribution >= 4 is 38.3 Å². The maximum atomic E-state index is 13.8. The van der Waals surface area contributed by atoms with Crippen LogP contribution >= 0.6 is 27.3 Å². The fourth-order valence-electron chi connectivity index (χ4n) is 2.18. The largest absolute Gasteiger partial charge is 0.494 e. The number of thiazole rings is 1. The van der Waals surface area contributed by atoms with E-state index in [9.17, 15) is 13.6 Å². The summed E-state index contributed by atoms with van der Waals surface area (Å²) in [6.45, 7) is -0.268. The summed E-state index contributed by atoms with van der Waals surface area (Å²) in [7, 11) is 1.39. The second kappa shape index (κ2) is 8.45. The first-order valence-corrected chi connectivity index (χ1v) is 9.30. The molecule has 1 N–H and O–H groups in total. The Labute approximate surface area is 166 Å². The summed E-state index contributed by atoms with van der Waals surface area (Å²) in [6, 6.07) is 8.41. The zero-order valence-electron chi connectivity index (χ0n) is 14.0. The number of nitrogens with zero attached hydrogens (tertiary/aromatic N) is 1. The summed E-state index contributed by atoms with van der Waals surface area (Å²) in [4.78, 5) is 16.3. The van der Waals surface area contributed by atoms with Gasteiger partial charge in [0.1, 0.15) is 11.6 Å². The average Bonchev–Trinajstić information content (AvgIpc) is 3.09. The molecule has 0 spiro atoms. The van der Waals surface area contributed by atoms with Crippen molar-refractivity contribution in [1.29, 1.82) is 0 Å². The minimum Gasteiger partial charge on any atom is -0.494 e. The number of hydrogen-bond donors (Lipinski definition) is 1. The van der Waals surface area contributed by atoms with E-state index in [0.29, 0.717) is 26.6 Å². The van der Waals surface area contributed by atoms with Gasteiger partial charge in [0, 0.05) is 10.9 Å². The summed E-state index contributed by atoms with van der Waals surface area (Å²) in [5.41, 5.74) is 1.09. The highest BCUT2D eigenvalue weighted by Gasteiger charge is 2.12. The van der Waals surface area contributed by atoms with Crippen molar-refractivity contribution in [3.63, 3.8) is 0 Å². The van der Waals surface area contributed by atoms with Crippen molar-refractivity contribution in [3.8, 4) is 22.8 Å². The highest BCUT2D eigenvalue weighted by molar-refractivity contribution is 9.10. The molecule has 0 aliphatic heterocycles. The van der Waals surface area contributed by atoms with Crippen molar-refractivity contribution in [1.82, 2.24) is 4.98 Å². The Balaban J connectivity index is 1.61. The van der Waals surface area contributed by atoms with Crippen LogP contribution in [0.3, 0.4) is 0 Å². The first kappa shape index (κ1) is 19.2. The van der Waals surface area contributed by atoms with E-state index in [4.69, 9.17) is 9.47 Å². The number of ether oxygens (including phenoxy) is 2. The molecule has 0 radical (unpaired) electrons. The molecule has 0 atom stereocenters. The Kier molecular flexibility index (Phi) is 6.02. The summed E-state index contributed by atoms with van der Waals surface area (Å²) < 4.78 is 37.5. The van der Waals surface area contributed by atoms with Crippen LogP contribution in [-0.2, 0) is 4.79 Å². The van der Waals surface area contributed by atoms with Crippen LogP contribution in [0.5, 0.6) is 11.5 Å². The maximum Gasteiger partial charge on any atom is 0.264 e. The van der Waals surface area contributed by atoms with Crippen molar-refractivity contribution in [2.45, 2.75) is 0 Å². The number of carbonyl (C=O) groups is 1. The molecule has 0 aliphatic carbocycles. The highest BCUT2D eigenvalue weighted by Crippen LogP contribution is 2.29. The number of benzene rings is 2. The number of aromatic nitrogens is 1. The summed E-state index contributed by atoms with van der Waals surface area (Å²) in [5.74, 6) is -0.837. The summed E-state index contributed by atoms with van der Waals surface area (Å²) >= 11 is 4.37. The fourth-order valence-corrected chi connectivity index (χ4v) is 3.38. The van der Waals surface area contributed by atoms with Gasteiger partial charge in [-0.05, 0) is 52.3 Å². The topological polar surface area (TPSA) is 60.5 Å². The zero-order chi connectivity index (χ0) is 19.4. The number of methoxy groups -OCH3 is 1. The van der Waals surface area contributed by atoms with Gasteiger partial charge in [0.05, 0.1) is 17.3 Å². The molecular formula is C18H13BrF2N2O3S. The predicted octanol–water partition coefficient (Wildman–Crippen LogP) is 4.88. The monoisotopic (exact) mass is 454 g/mol. The summed E-state index contributed by atoms with van der Waals surface area (Å²) in [5, 5.41) is 4.66. The first-order valence-electron chi connectivity index (χ1n) is 7.63. The van der Waals surface area contributed by atoms with Gasteiger partial charge in [0.15, 0.2) is 23.3 Å². The van der Waals surface area contributed by atoms with Crippen molar-refractivity contribution < 1.29 is 23.0 Å². The molecule has 3 aromatic rings. The van der Waals surface area contributed by atoms with E-state index in [1.807, 2.05) is 0 Å². The van der Waals surface area contributed by atoms with Gasteiger partial charge in [-0.1, -0.05) is 0 Å². The van der Waals surface area contributed by atoms with Gasteiger partial charge in [-0.25, -0.2) is 13.8 Å². The molecule has 0 unspecified atom stereocenters. The third-order valence-electron chi connectivity index (χ3n) is 3.45. The molecule has 0 saturated heterocycles. The van der Waals surface area contributed by atoms with Crippen LogP contribution < -0.4 is 14.8 Å². The molecule has 1 heterocycles. The average molecular weight is 455 g/mol. The van der Waals surface area contributed by atoms with Crippen LogP contribution in [-0.4, -0.2) is 24.6 Å². The Hall–Kier alpha value is -2.52. The number of halogens is 3. The van der Waals surface area contributed by atoms with Crippen molar-refractivity contribution in [2.75, 3.05) is 19.0 Å². The molecule has 27 heavy (non-hydrogen) atoms. The van der Waals surface area contributed by atoms with Crippen LogP contribution in [0.4, 0.5) is 13.9 Å². The second-order valence-corrected chi connectivity index (χ2v) is 7.01. The SMILES string of the molecule is COc1ccc(-c2csc(NC(=O)COc3ccc(F)cc3Br)n2)cc1F. The fraction of sp³-hybridized carbons (Fsp3) is 0.111. The molecule has 0 bridgehead atoms. The maximum absolute atomic E-state index is 13.8. The molecule has 140 valence electrons. The van der Waals surface area contributed by atoms with Crippen LogP contribution in [0, 0.1) is 11.6 Å². The van der Waals surface area contributed by atoms with E-state index >= 15 is 0 Å². The van der Waals surface area contributed by atoms with Gasteiger partial charge in [-0.15, -0.1) is 11.3 Å². The van der Waals surface area contributed by atoms with E-state index in [0.717, 1.165) is 0 Å². The molecule has 2 aromatic carbocycles. The number of amides is 1. The minimum atomic E-state index is -0.494. The lowest BCUT2D eigenvalue weighted by atomic mass is 10.1. The molecule has 1 amide bonds. The number of anilines is 1. The van der Waals surface area contributed by atoms with Crippen LogP contribution in [0.15, 0.2) is 46.3 Å². The summed E-state index contributed by atoms with van der Waals surface area (Å²) in [6.07, 6.45) is 0. The van der Waals surface area contributed by atoms with Gasteiger partial charge in [0.25, 0.3) is 5.91 Å². The molecule has 9 heteroatoms. The number of hydrogen-bond acceptors (Lipinski definition) is 5. The van der Waals surface area contributed by atoms with Gasteiger partial charge in [-0.3, -0.25) is 10.1 Å². The van der Waals surface area contributed by atoms with Crippen molar-refractivity contribution in [2.24, 2.45) is 0 Å². The Morgan fingerprint density at radius 2 is 2.00 bits per heavy atom. The lowest BCUT2D eigenvalue weighted by Gasteiger charge is -2.07. The smallest absolute Gasteiger partial charge is 0.264 e. The number of rotatable bonds is 6. The second-order valence-electron chi connectivity index (χ2n) is 5.30. The molecule has 3 rings (SSSR count). The molecule has 0 saturated carbocycles. The Morgan fingerprint density at radius 3 is 2.70 bits per heavy atom. The zero-order valence-corrected chi connectivity index (χ0v) is 16.4. The number of carbonyl (C=O) groups excluding carboxylic acids is 1. The van der Waals surface area contributed by atoms with E-state index in [2.05, 4.69) is 26.2 Å². The van der Waals surface area contributed by atoms with E-state index in [-0.39, 0.29) is 12.4 Å². The van der Waals surface area contributed by atoms with Gasteiger partial charge < -0.3 is 9.47 Å². The lowest BCUT2D eigenvalue weighted by Crippen LogP contribution is -2.20. The first-order chi connectivity index (χ1) is 13.0. The molecule has 5 nitrogen and oxygen atoms in total. The number of nitrogens with one attached hydrogen (secondary N) is 1. The minimum absolute atomic E-state index is 0.145. The van der Waals surface area contributed by atoms with Crippen LogP contribution in [0.25, 0.3) is 11.3 Å². The lowest BCUT2D eigenvalue weighted by molar-refractivity contribution is -0.118. The van der Waals surface area contributed by atoms with E-state index in [1.165, 1.54) is 48.8 Å². The third kappa shape index (κ3) is 4.81. The Bertz CT molecular complexity index is 981. The van der Waals surface area contributed by atoms with Gasteiger partial charge >= 0.3 is 0 Å². The normalized spacial score (nSPS) is 10.5. The van der Waals surface area contributed by atoms with Crippen molar-refractivity contribution in [3.05, 3.63) is 57.9 Å². The van der Waals surface area contributed by atoms with E-state index in [1.54, 1.807) is 11.4 Å². The standard InChI is InChI=1S/C18H13BrF2N2O3S/c1-25-16-4-2-10(6-13(16)21)14-9-27-18(22-14)23-17(24)8-26-15-5-3-11(20)7-12(15)19/h2-7,9H,8H2,1H3,(H,22,23,24). The molecule has 0 aliphatic rings. The van der Waals surface area contributed by atoms with Crippen LogP contribution in [0.1, 0.15) is 0 Å². The third-order valence-corrected chi connectivity index (χ3v) is 4.83. The highest BCUT2D eigenvalue weighted by atomic mass is 79.9. The molecular weight excluding hydrogens is 442 g/mol. The Morgan fingerprint density at radius 1 is 1.22 bits per heavy atom.